The summed E-state index contributed by atoms with van der Waals surface area (Å²) in [5, 5.41) is 9.30. The van der Waals surface area contributed by atoms with Gasteiger partial charge in [-0.25, -0.2) is 0 Å². The van der Waals surface area contributed by atoms with Gasteiger partial charge in [0.25, 0.3) is 0 Å². The summed E-state index contributed by atoms with van der Waals surface area (Å²) in [5.41, 5.74) is 0.263. The van der Waals surface area contributed by atoms with Gasteiger partial charge in [-0.05, 0) is 30.1 Å². The van der Waals surface area contributed by atoms with Gasteiger partial charge in [0.05, 0.1) is 0 Å². The fourth-order valence-electron chi connectivity index (χ4n) is 2.28. The van der Waals surface area contributed by atoms with E-state index in [0.717, 1.165) is 5.92 Å². The number of aliphatic hydroxyl groups excluding tert-OH is 1. The maximum absolute atomic E-state index is 9.30. The minimum Gasteiger partial charge on any atom is -0.396 e. The number of rotatable bonds is 2. The van der Waals surface area contributed by atoms with Crippen molar-refractivity contribution in [1.29, 1.82) is 0 Å². The molecule has 2 atom stereocenters. The first-order valence-corrected chi connectivity index (χ1v) is 4.71. The van der Waals surface area contributed by atoms with Crippen LogP contribution in [0.3, 0.4) is 0 Å². The number of hydrogen-bond acceptors (Lipinski definition) is 1. The highest BCUT2D eigenvalue weighted by Gasteiger charge is 2.39. The fourth-order valence-corrected chi connectivity index (χ4v) is 2.28. The summed E-state index contributed by atoms with van der Waals surface area (Å²) >= 11 is 0. The molecule has 0 bridgehead atoms. The average molecular weight is 156 g/mol. The van der Waals surface area contributed by atoms with Crippen LogP contribution in [0.4, 0.5) is 0 Å². The van der Waals surface area contributed by atoms with E-state index in [1.807, 2.05) is 0 Å². The predicted octanol–water partition coefficient (Wildman–Crippen LogP) is 2.44. The Labute approximate surface area is 69.8 Å². The van der Waals surface area contributed by atoms with E-state index in [1.165, 1.54) is 19.3 Å². The molecule has 1 heteroatoms. The molecule has 2 unspecified atom stereocenters. The quantitative estimate of drug-likeness (QED) is 0.651. The molecule has 11 heavy (non-hydrogen) atoms. The second-order valence-electron chi connectivity index (χ2n) is 4.52. The van der Waals surface area contributed by atoms with Crippen molar-refractivity contribution in [3.05, 3.63) is 0 Å². The SMILES string of the molecule is CC1CCC(CO)(C(C)C)C1. The van der Waals surface area contributed by atoms with E-state index >= 15 is 0 Å². The molecule has 1 aliphatic carbocycles. The van der Waals surface area contributed by atoms with Crippen LogP contribution in [-0.2, 0) is 0 Å². The lowest BCUT2D eigenvalue weighted by Crippen LogP contribution is -2.28. The molecule has 0 amide bonds. The van der Waals surface area contributed by atoms with Gasteiger partial charge in [0.15, 0.2) is 0 Å². The molecule has 1 aliphatic rings. The van der Waals surface area contributed by atoms with Crippen LogP contribution in [0.2, 0.25) is 0 Å². The monoisotopic (exact) mass is 156 g/mol. The molecule has 0 saturated heterocycles. The Morgan fingerprint density at radius 3 is 2.36 bits per heavy atom. The van der Waals surface area contributed by atoms with Crippen LogP contribution >= 0.6 is 0 Å². The molecule has 1 fully saturated rings. The Hall–Kier alpha value is -0.0400. The minimum absolute atomic E-state index is 0.263. The van der Waals surface area contributed by atoms with Crippen molar-refractivity contribution >= 4 is 0 Å². The van der Waals surface area contributed by atoms with Gasteiger partial charge in [-0.3, -0.25) is 0 Å². The van der Waals surface area contributed by atoms with E-state index in [-0.39, 0.29) is 5.41 Å². The van der Waals surface area contributed by atoms with E-state index in [1.54, 1.807) is 0 Å². The maximum Gasteiger partial charge on any atom is 0.0489 e. The fraction of sp³-hybridized carbons (Fsp3) is 1.00. The lowest BCUT2D eigenvalue weighted by molar-refractivity contribution is 0.0793. The summed E-state index contributed by atoms with van der Waals surface area (Å²) in [6.45, 7) is 7.14. The second-order valence-corrected chi connectivity index (χ2v) is 4.52. The zero-order valence-corrected chi connectivity index (χ0v) is 7.93. The van der Waals surface area contributed by atoms with Crippen LogP contribution in [-0.4, -0.2) is 11.7 Å². The molecule has 0 aromatic carbocycles. The summed E-state index contributed by atoms with van der Waals surface area (Å²) in [4.78, 5) is 0. The van der Waals surface area contributed by atoms with Crippen molar-refractivity contribution < 1.29 is 5.11 Å². The van der Waals surface area contributed by atoms with Crippen LogP contribution in [0.25, 0.3) is 0 Å². The van der Waals surface area contributed by atoms with E-state index in [9.17, 15) is 5.11 Å². The molecule has 1 nitrogen and oxygen atoms in total. The molecule has 0 aliphatic heterocycles. The maximum atomic E-state index is 9.30. The van der Waals surface area contributed by atoms with Gasteiger partial charge < -0.3 is 5.11 Å². The third kappa shape index (κ3) is 1.58. The molecule has 66 valence electrons. The summed E-state index contributed by atoms with van der Waals surface area (Å²) < 4.78 is 0. The van der Waals surface area contributed by atoms with Gasteiger partial charge in [0.1, 0.15) is 0 Å². The van der Waals surface area contributed by atoms with Gasteiger partial charge in [0.2, 0.25) is 0 Å². The first kappa shape index (κ1) is 9.05. The van der Waals surface area contributed by atoms with Crippen molar-refractivity contribution in [3.63, 3.8) is 0 Å². The molecule has 1 saturated carbocycles. The zero-order valence-electron chi connectivity index (χ0n) is 7.93. The van der Waals surface area contributed by atoms with Crippen molar-refractivity contribution in [2.24, 2.45) is 17.3 Å². The van der Waals surface area contributed by atoms with Crippen LogP contribution in [0.5, 0.6) is 0 Å². The first-order chi connectivity index (χ1) is 5.10. The zero-order chi connectivity index (χ0) is 8.48. The highest BCUT2D eigenvalue weighted by atomic mass is 16.3. The lowest BCUT2D eigenvalue weighted by Gasteiger charge is -2.31. The molecule has 1 N–H and O–H groups in total. The Kier molecular flexibility index (Phi) is 2.58. The smallest absolute Gasteiger partial charge is 0.0489 e. The summed E-state index contributed by atoms with van der Waals surface area (Å²) in [5.74, 6) is 1.46. The Morgan fingerprint density at radius 2 is 2.18 bits per heavy atom. The Balaban J connectivity index is 2.62. The lowest BCUT2D eigenvalue weighted by atomic mass is 9.76. The van der Waals surface area contributed by atoms with E-state index in [2.05, 4.69) is 20.8 Å². The third-order valence-corrected chi connectivity index (χ3v) is 3.43. The van der Waals surface area contributed by atoms with Gasteiger partial charge >= 0.3 is 0 Å². The Bertz CT molecular complexity index is 131. The van der Waals surface area contributed by atoms with Crippen LogP contribution in [0.1, 0.15) is 40.0 Å². The van der Waals surface area contributed by atoms with Crippen molar-refractivity contribution in [2.45, 2.75) is 40.0 Å². The predicted molar refractivity (Wildman–Crippen MR) is 47.4 cm³/mol. The summed E-state index contributed by atoms with van der Waals surface area (Å²) in [7, 11) is 0. The van der Waals surface area contributed by atoms with Crippen LogP contribution < -0.4 is 0 Å². The average Bonchev–Trinajstić information content (AvgIpc) is 2.33. The highest BCUT2D eigenvalue weighted by molar-refractivity contribution is 4.89. The molecular weight excluding hydrogens is 136 g/mol. The second kappa shape index (κ2) is 3.14. The molecule has 0 aromatic rings. The van der Waals surface area contributed by atoms with E-state index in [0.29, 0.717) is 12.5 Å². The van der Waals surface area contributed by atoms with E-state index < -0.39 is 0 Å². The normalized spacial score (nSPS) is 38.5. The van der Waals surface area contributed by atoms with Gasteiger partial charge in [-0.15, -0.1) is 0 Å². The topological polar surface area (TPSA) is 20.2 Å². The molecule has 0 heterocycles. The number of hydrogen-bond donors (Lipinski definition) is 1. The largest absolute Gasteiger partial charge is 0.396 e. The standard InChI is InChI=1S/C10H20O/c1-8(2)10(7-11)5-4-9(3)6-10/h8-9,11H,4-7H2,1-3H3. The Morgan fingerprint density at radius 1 is 1.55 bits per heavy atom. The van der Waals surface area contributed by atoms with E-state index in [4.69, 9.17) is 0 Å². The highest BCUT2D eigenvalue weighted by Crippen LogP contribution is 2.46. The van der Waals surface area contributed by atoms with Gasteiger partial charge in [-0.1, -0.05) is 27.2 Å². The van der Waals surface area contributed by atoms with Crippen LogP contribution in [0, 0.1) is 17.3 Å². The number of aliphatic hydroxyl groups is 1. The molecule has 0 aromatic heterocycles. The summed E-state index contributed by atoms with van der Waals surface area (Å²) in [6, 6.07) is 0. The summed E-state index contributed by atoms with van der Waals surface area (Å²) in [6.07, 6.45) is 3.75. The van der Waals surface area contributed by atoms with Crippen molar-refractivity contribution in [3.8, 4) is 0 Å². The molecule has 0 spiro atoms. The first-order valence-electron chi connectivity index (χ1n) is 4.71. The van der Waals surface area contributed by atoms with Crippen molar-refractivity contribution in [1.82, 2.24) is 0 Å². The minimum atomic E-state index is 0.263. The van der Waals surface area contributed by atoms with Crippen LogP contribution in [0.15, 0.2) is 0 Å². The molecular formula is C10H20O. The molecule has 0 radical (unpaired) electrons. The molecule has 1 rings (SSSR count). The third-order valence-electron chi connectivity index (χ3n) is 3.43. The van der Waals surface area contributed by atoms with Crippen molar-refractivity contribution in [2.75, 3.05) is 6.61 Å². The van der Waals surface area contributed by atoms with Gasteiger partial charge in [-0.2, -0.15) is 0 Å². The van der Waals surface area contributed by atoms with Gasteiger partial charge in [0, 0.05) is 6.61 Å².